The second kappa shape index (κ2) is 6.29. The normalized spacial score (nSPS) is 15.7. The minimum absolute atomic E-state index is 0.0553. The Hall–Kier alpha value is -1.92. The molecular formula is C16H15ClN2O3S. The molecule has 0 unspecified atom stereocenters. The number of benzene rings is 1. The average molecular weight is 351 g/mol. The second-order valence-electron chi connectivity index (χ2n) is 5.68. The molecule has 0 spiro atoms. The summed E-state index contributed by atoms with van der Waals surface area (Å²) >= 11 is 7.48. The van der Waals surface area contributed by atoms with Crippen molar-refractivity contribution in [3.05, 3.63) is 40.4 Å². The Labute approximate surface area is 142 Å². The maximum atomic E-state index is 12.4. The first kappa shape index (κ1) is 16.0. The zero-order valence-electron chi connectivity index (χ0n) is 12.2. The van der Waals surface area contributed by atoms with Crippen molar-refractivity contribution in [2.24, 2.45) is 0 Å². The Morgan fingerprint density at radius 1 is 1.35 bits per heavy atom. The summed E-state index contributed by atoms with van der Waals surface area (Å²) in [6.45, 7) is 0. The van der Waals surface area contributed by atoms with Gasteiger partial charge in [0.15, 0.2) is 0 Å². The van der Waals surface area contributed by atoms with E-state index in [2.05, 4.69) is 10.3 Å². The monoisotopic (exact) mass is 350 g/mol. The van der Waals surface area contributed by atoms with Crippen LogP contribution in [0, 0.1) is 0 Å². The summed E-state index contributed by atoms with van der Waals surface area (Å²) in [4.78, 5) is 27.7. The van der Waals surface area contributed by atoms with Crippen molar-refractivity contribution in [3.8, 4) is 10.6 Å². The number of aliphatic carboxylic acids is 1. The lowest BCUT2D eigenvalue weighted by atomic mass is 9.74. The standard InChI is InChI=1S/C16H15ClN2O3S/c17-11-5-2-1-4-10(11)15-18-12(9-23-15)14(22)19-16(6-3-7-16)8-13(20)21/h1-2,4-5,9H,3,6-8H2,(H,19,22)(H,20,21). The van der Waals surface area contributed by atoms with Gasteiger partial charge in [-0.3, -0.25) is 9.59 Å². The van der Waals surface area contributed by atoms with Crippen LogP contribution in [0.3, 0.4) is 0 Å². The molecule has 1 amide bonds. The van der Waals surface area contributed by atoms with Crippen LogP contribution >= 0.6 is 22.9 Å². The van der Waals surface area contributed by atoms with E-state index in [1.165, 1.54) is 11.3 Å². The number of carboxylic acid groups (broad SMARTS) is 1. The molecule has 23 heavy (non-hydrogen) atoms. The van der Waals surface area contributed by atoms with Crippen LogP contribution < -0.4 is 5.32 Å². The van der Waals surface area contributed by atoms with Crippen molar-refractivity contribution < 1.29 is 14.7 Å². The zero-order valence-corrected chi connectivity index (χ0v) is 13.8. The number of rotatable bonds is 5. The molecule has 1 aliphatic carbocycles. The molecule has 2 aromatic rings. The molecule has 0 radical (unpaired) electrons. The molecule has 0 aliphatic heterocycles. The Morgan fingerprint density at radius 3 is 2.70 bits per heavy atom. The predicted molar refractivity (Wildman–Crippen MR) is 88.9 cm³/mol. The van der Waals surface area contributed by atoms with Gasteiger partial charge in [-0.15, -0.1) is 11.3 Å². The number of halogens is 1. The number of aromatic nitrogens is 1. The fourth-order valence-electron chi connectivity index (χ4n) is 2.68. The lowest BCUT2D eigenvalue weighted by Crippen LogP contribution is -2.54. The van der Waals surface area contributed by atoms with E-state index in [1.54, 1.807) is 11.4 Å². The Balaban J connectivity index is 1.76. The lowest BCUT2D eigenvalue weighted by molar-refractivity contribution is -0.139. The lowest BCUT2D eigenvalue weighted by Gasteiger charge is -2.41. The highest BCUT2D eigenvalue weighted by Gasteiger charge is 2.40. The molecule has 1 aliphatic rings. The molecule has 1 aromatic heterocycles. The number of thiazole rings is 1. The van der Waals surface area contributed by atoms with Gasteiger partial charge in [-0.1, -0.05) is 29.8 Å². The van der Waals surface area contributed by atoms with Crippen LogP contribution in [0.4, 0.5) is 0 Å². The SMILES string of the molecule is O=C(O)CC1(NC(=O)c2csc(-c3ccccc3Cl)n2)CCC1. The van der Waals surface area contributed by atoms with Gasteiger partial charge in [-0.25, -0.2) is 4.98 Å². The molecule has 1 heterocycles. The van der Waals surface area contributed by atoms with Crippen LogP contribution in [0.15, 0.2) is 29.6 Å². The summed E-state index contributed by atoms with van der Waals surface area (Å²) in [6, 6.07) is 7.31. The maximum absolute atomic E-state index is 12.4. The molecule has 1 aromatic carbocycles. The highest BCUT2D eigenvalue weighted by Crippen LogP contribution is 2.35. The highest BCUT2D eigenvalue weighted by atomic mass is 35.5. The number of amides is 1. The molecule has 3 rings (SSSR count). The third kappa shape index (κ3) is 3.38. The number of carbonyl (C=O) groups is 2. The number of nitrogens with one attached hydrogen (secondary N) is 1. The molecule has 7 heteroatoms. The zero-order chi connectivity index (χ0) is 16.4. The first-order chi connectivity index (χ1) is 11.0. The fraction of sp³-hybridized carbons (Fsp3) is 0.312. The molecule has 120 valence electrons. The van der Waals surface area contributed by atoms with Gasteiger partial charge in [0.1, 0.15) is 10.7 Å². The van der Waals surface area contributed by atoms with E-state index in [9.17, 15) is 9.59 Å². The van der Waals surface area contributed by atoms with Crippen molar-refractivity contribution in [2.75, 3.05) is 0 Å². The minimum atomic E-state index is -0.903. The molecule has 1 fully saturated rings. The fourth-order valence-corrected chi connectivity index (χ4v) is 3.80. The summed E-state index contributed by atoms with van der Waals surface area (Å²) in [5.41, 5.74) is 0.445. The molecule has 0 saturated heterocycles. The number of hydrogen-bond donors (Lipinski definition) is 2. The van der Waals surface area contributed by atoms with E-state index >= 15 is 0 Å². The molecule has 0 atom stereocenters. The second-order valence-corrected chi connectivity index (χ2v) is 6.94. The summed E-state index contributed by atoms with van der Waals surface area (Å²) in [5, 5.41) is 14.8. The molecule has 2 N–H and O–H groups in total. The number of carboxylic acids is 1. The summed E-state index contributed by atoms with van der Waals surface area (Å²) in [7, 11) is 0. The first-order valence-electron chi connectivity index (χ1n) is 7.24. The van der Waals surface area contributed by atoms with Gasteiger partial charge in [-0.05, 0) is 25.3 Å². The van der Waals surface area contributed by atoms with Crippen molar-refractivity contribution in [2.45, 2.75) is 31.2 Å². The van der Waals surface area contributed by atoms with E-state index in [-0.39, 0.29) is 12.3 Å². The van der Waals surface area contributed by atoms with Crippen LogP contribution in [-0.4, -0.2) is 27.5 Å². The van der Waals surface area contributed by atoms with Gasteiger partial charge in [0.05, 0.1) is 17.0 Å². The van der Waals surface area contributed by atoms with E-state index < -0.39 is 11.5 Å². The van der Waals surface area contributed by atoms with Gasteiger partial charge in [-0.2, -0.15) is 0 Å². The minimum Gasteiger partial charge on any atom is -0.481 e. The van der Waals surface area contributed by atoms with Gasteiger partial charge in [0.25, 0.3) is 5.91 Å². The highest BCUT2D eigenvalue weighted by molar-refractivity contribution is 7.13. The third-order valence-corrected chi connectivity index (χ3v) is 5.23. The first-order valence-corrected chi connectivity index (χ1v) is 8.50. The Morgan fingerprint density at radius 2 is 2.09 bits per heavy atom. The van der Waals surface area contributed by atoms with E-state index in [4.69, 9.17) is 16.7 Å². The predicted octanol–water partition coefficient (Wildman–Crippen LogP) is 3.59. The number of carbonyl (C=O) groups excluding carboxylic acids is 1. The van der Waals surface area contributed by atoms with Crippen LogP contribution in [0.2, 0.25) is 5.02 Å². The maximum Gasteiger partial charge on any atom is 0.305 e. The van der Waals surface area contributed by atoms with Crippen LogP contribution in [0.25, 0.3) is 10.6 Å². The molecule has 1 saturated carbocycles. The van der Waals surface area contributed by atoms with Gasteiger partial charge < -0.3 is 10.4 Å². The summed E-state index contributed by atoms with van der Waals surface area (Å²) < 4.78 is 0. The smallest absolute Gasteiger partial charge is 0.305 e. The van der Waals surface area contributed by atoms with E-state index in [0.717, 1.165) is 12.0 Å². The van der Waals surface area contributed by atoms with Crippen molar-refractivity contribution in [1.82, 2.24) is 10.3 Å². The average Bonchev–Trinajstić information content (AvgIpc) is 2.94. The number of nitrogens with zero attached hydrogens (tertiary/aromatic N) is 1. The summed E-state index contributed by atoms with van der Waals surface area (Å²) in [5.74, 6) is -1.24. The number of hydrogen-bond acceptors (Lipinski definition) is 4. The Kier molecular flexibility index (Phi) is 4.37. The molecule has 5 nitrogen and oxygen atoms in total. The Bertz CT molecular complexity index is 755. The van der Waals surface area contributed by atoms with Crippen molar-refractivity contribution in [3.63, 3.8) is 0 Å². The van der Waals surface area contributed by atoms with Gasteiger partial charge in [0.2, 0.25) is 0 Å². The summed E-state index contributed by atoms with van der Waals surface area (Å²) in [6.07, 6.45) is 2.24. The van der Waals surface area contributed by atoms with Crippen molar-refractivity contribution in [1.29, 1.82) is 0 Å². The molecular weight excluding hydrogens is 336 g/mol. The van der Waals surface area contributed by atoms with Crippen LogP contribution in [-0.2, 0) is 4.79 Å². The topological polar surface area (TPSA) is 79.3 Å². The third-order valence-electron chi connectivity index (χ3n) is 4.02. The van der Waals surface area contributed by atoms with Gasteiger partial charge >= 0.3 is 5.97 Å². The van der Waals surface area contributed by atoms with Gasteiger partial charge in [0, 0.05) is 10.9 Å². The molecule has 0 bridgehead atoms. The van der Waals surface area contributed by atoms with E-state index in [1.807, 2.05) is 18.2 Å². The van der Waals surface area contributed by atoms with E-state index in [0.29, 0.717) is 28.6 Å². The van der Waals surface area contributed by atoms with Crippen molar-refractivity contribution >= 4 is 34.8 Å². The van der Waals surface area contributed by atoms with Crippen LogP contribution in [0.1, 0.15) is 36.2 Å². The largest absolute Gasteiger partial charge is 0.481 e. The van der Waals surface area contributed by atoms with Crippen LogP contribution in [0.5, 0.6) is 0 Å². The quantitative estimate of drug-likeness (QED) is 0.863.